The Morgan fingerprint density at radius 2 is 1.10 bits per heavy atom. The van der Waals surface area contributed by atoms with Gasteiger partial charge in [0, 0.05) is 0 Å². The average Bonchev–Trinajstić information content (AvgIpc) is 2.65. The van der Waals surface area contributed by atoms with Crippen molar-refractivity contribution in [2.24, 2.45) is 11.8 Å². The SMILES string of the molecule is CC1=CC(C)[C]([Ti]([CH3])([CH3])(=[SiH2])[C]2=C(C)C(C)=CC2C)=C1C. The molecule has 2 aliphatic carbocycles. The number of hydrogen-bond acceptors (Lipinski definition) is 0. The number of rotatable bonds is 2. The Kier molecular flexibility index (Phi) is 3.82. The summed E-state index contributed by atoms with van der Waals surface area (Å²) in [7, 11) is 2.37. The van der Waals surface area contributed by atoms with Crippen LogP contribution in [0, 0.1) is 11.8 Å². The molecular formula is C18H30SiTi. The third-order valence-corrected chi connectivity index (χ3v) is 16.8. The fourth-order valence-corrected chi connectivity index (χ4v) is 19.6. The molecule has 0 aromatic carbocycles. The first-order valence-electron chi connectivity index (χ1n) is 7.83. The van der Waals surface area contributed by atoms with Crippen molar-refractivity contribution in [2.75, 3.05) is 0 Å². The van der Waals surface area contributed by atoms with Crippen molar-refractivity contribution in [3.05, 3.63) is 42.2 Å². The second-order valence-corrected chi connectivity index (χ2v) is 26.9. The second kappa shape index (κ2) is 4.69. The van der Waals surface area contributed by atoms with Gasteiger partial charge in [0.15, 0.2) is 0 Å². The Labute approximate surface area is 127 Å². The Morgan fingerprint density at radius 1 is 0.800 bits per heavy atom. The first-order valence-corrected chi connectivity index (χ1v) is 16.5. The molecule has 110 valence electrons. The average molecular weight is 322 g/mol. The third kappa shape index (κ3) is 2.23. The van der Waals surface area contributed by atoms with Crippen molar-refractivity contribution in [1.82, 2.24) is 0 Å². The topological polar surface area (TPSA) is 0 Å². The zero-order chi connectivity index (χ0) is 15.5. The molecule has 0 aromatic rings. The van der Waals surface area contributed by atoms with Crippen molar-refractivity contribution >= 4 is 7.63 Å². The molecule has 0 spiro atoms. The Bertz CT molecular complexity index is 610. The minimum atomic E-state index is -2.78. The fourth-order valence-electron chi connectivity index (χ4n) is 5.08. The molecule has 0 radical (unpaired) electrons. The molecule has 2 atom stereocenters. The van der Waals surface area contributed by atoms with Gasteiger partial charge in [-0.3, -0.25) is 0 Å². The van der Waals surface area contributed by atoms with Gasteiger partial charge >= 0.3 is 128 Å². The summed E-state index contributed by atoms with van der Waals surface area (Å²) < 4.78 is 3.62. The number of allylic oxidation sites excluding steroid dienone is 8. The predicted octanol–water partition coefficient (Wildman–Crippen LogP) is 5.06. The molecule has 0 aromatic heterocycles. The molecule has 20 heavy (non-hydrogen) atoms. The molecule has 0 fully saturated rings. The van der Waals surface area contributed by atoms with Gasteiger partial charge in [-0.2, -0.15) is 0 Å². The molecule has 2 aliphatic rings. The van der Waals surface area contributed by atoms with E-state index in [1.54, 1.807) is 11.1 Å². The summed E-state index contributed by atoms with van der Waals surface area (Å²) in [6, 6.07) is 0. The number of hydrogen-bond donors (Lipinski definition) is 0. The van der Waals surface area contributed by atoms with Gasteiger partial charge in [-0.15, -0.1) is 0 Å². The Morgan fingerprint density at radius 3 is 1.30 bits per heavy atom. The van der Waals surface area contributed by atoms with Crippen LogP contribution in [-0.2, 0) is 14.0 Å². The van der Waals surface area contributed by atoms with E-state index < -0.39 is 14.0 Å². The van der Waals surface area contributed by atoms with Crippen molar-refractivity contribution in [2.45, 2.75) is 52.0 Å². The molecule has 0 bridgehead atoms. The predicted molar refractivity (Wildman–Crippen MR) is 91.5 cm³/mol. The van der Waals surface area contributed by atoms with Gasteiger partial charge in [0.05, 0.1) is 0 Å². The van der Waals surface area contributed by atoms with E-state index in [-0.39, 0.29) is 0 Å². The van der Waals surface area contributed by atoms with Crippen LogP contribution in [0.3, 0.4) is 0 Å². The zero-order valence-electron chi connectivity index (χ0n) is 14.5. The van der Waals surface area contributed by atoms with E-state index in [4.69, 9.17) is 0 Å². The summed E-state index contributed by atoms with van der Waals surface area (Å²) in [4.78, 5) is 0. The van der Waals surface area contributed by atoms with Gasteiger partial charge in [0.1, 0.15) is 0 Å². The first kappa shape index (κ1) is 16.3. The summed E-state index contributed by atoms with van der Waals surface area (Å²) in [6.45, 7) is 14.1. The van der Waals surface area contributed by atoms with Crippen LogP contribution in [0.4, 0.5) is 0 Å². The molecule has 2 heteroatoms. The molecule has 2 unspecified atom stereocenters. The van der Waals surface area contributed by atoms with Crippen molar-refractivity contribution in [3.8, 4) is 0 Å². The first-order chi connectivity index (χ1) is 8.96. The van der Waals surface area contributed by atoms with Gasteiger partial charge in [-0.1, -0.05) is 0 Å². The van der Waals surface area contributed by atoms with E-state index in [9.17, 15) is 0 Å². The van der Waals surface area contributed by atoms with Gasteiger partial charge < -0.3 is 0 Å². The van der Waals surface area contributed by atoms with Gasteiger partial charge in [-0.25, -0.2) is 0 Å². The zero-order valence-corrected chi connectivity index (χ0v) is 17.5. The minimum absolute atomic E-state index is 0.632. The maximum atomic E-state index is 2.64. The van der Waals surface area contributed by atoms with Crippen LogP contribution in [0.2, 0.25) is 10.5 Å². The van der Waals surface area contributed by atoms with E-state index in [0.717, 1.165) is 0 Å². The van der Waals surface area contributed by atoms with Crippen molar-refractivity contribution in [1.29, 1.82) is 0 Å². The van der Waals surface area contributed by atoms with E-state index in [0.29, 0.717) is 11.8 Å². The summed E-state index contributed by atoms with van der Waals surface area (Å²) in [5.74, 6) is 1.26. The molecule has 0 nitrogen and oxygen atoms in total. The van der Waals surface area contributed by atoms with Gasteiger partial charge in [-0.05, 0) is 0 Å². The van der Waals surface area contributed by atoms with Gasteiger partial charge in [0.2, 0.25) is 0 Å². The molecule has 0 heterocycles. The van der Waals surface area contributed by atoms with Crippen LogP contribution in [0.25, 0.3) is 0 Å². The molecule has 0 saturated heterocycles. The van der Waals surface area contributed by atoms with Gasteiger partial charge in [0.25, 0.3) is 0 Å². The van der Waals surface area contributed by atoms with Crippen LogP contribution < -0.4 is 0 Å². The molecular weight excluding hydrogens is 292 g/mol. The summed E-state index contributed by atoms with van der Waals surface area (Å²) in [6.07, 6.45) is 4.95. The maximum absolute atomic E-state index is 2.78. The standard InChI is InChI=1S/2C8H11.2CH3.H2Si.Ti/c2*1-6-4-7(2)8(3)5-6;;;;/h2*4,6H,1-3H3;2*1H3;1H2;. The van der Waals surface area contributed by atoms with E-state index in [1.807, 2.05) is 7.76 Å². The molecule has 0 N–H and O–H groups in total. The van der Waals surface area contributed by atoms with Crippen LogP contribution >= 0.6 is 0 Å². The quantitative estimate of drug-likeness (QED) is 0.623. The summed E-state index contributed by atoms with van der Waals surface area (Å²) >= 11 is -2.78. The summed E-state index contributed by atoms with van der Waals surface area (Å²) in [5, 5.41) is 5.28. The van der Waals surface area contributed by atoms with Crippen LogP contribution in [0.15, 0.2) is 42.2 Å². The van der Waals surface area contributed by atoms with Crippen molar-refractivity contribution < 1.29 is 14.0 Å². The van der Waals surface area contributed by atoms with Crippen molar-refractivity contribution in [3.63, 3.8) is 0 Å². The normalized spacial score (nSPS) is 28.2. The van der Waals surface area contributed by atoms with Crippen LogP contribution in [0.5, 0.6) is 0 Å². The second-order valence-electron chi connectivity index (χ2n) is 8.04. The van der Waals surface area contributed by atoms with Crippen LogP contribution in [-0.4, -0.2) is 7.63 Å². The molecule has 0 saturated carbocycles. The monoisotopic (exact) mass is 322 g/mol. The van der Waals surface area contributed by atoms with Crippen LogP contribution in [0.1, 0.15) is 41.5 Å². The third-order valence-electron chi connectivity index (χ3n) is 5.63. The van der Waals surface area contributed by atoms with E-state index in [1.165, 1.54) is 11.1 Å². The molecule has 0 aliphatic heterocycles. The Hall–Kier alpha value is -0.109. The van der Waals surface area contributed by atoms with E-state index >= 15 is 0 Å². The fraction of sp³-hybridized carbons (Fsp3) is 0.556. The molecule has 0 amide bonds. The van der Waals surface area contributed by atoms with E-state index in [2.05, 4.69) is 71.8 Å². The Balaban J connectivity index is 2.70. The summed E-state index contributed by atoms with van der Waals surface area (Å²) in [5.41, 5.74) is 6.19. The molecule has 2 rings (SSSR count).